The molecule has 112 valence electrons. The molecular formula is C16H15BrClFO2. The van der Waals surface area contributed by atoms with Gasteiger partial charge in [0.2, 0.25) is 0 Å². The minimum Gasteiger partial charge on any atom is -0.395 e. The first-order valence-electron chi connectivity index (χ1n) is 6.42. The molecule has 0 saturated carbocycles. The second-order valence-corrected chi connectivity index (χ2v) is 6.35. The summed E-state index contributed by atoms with van der Waals surface area (Å²) in [7, 11) is 0. The standard InChI is InChI=1S/C16H15BrClFO2/c17-13-4-2-12(3-5-13)16(9-20,10-21)8-11-1-6-14(18)15(19)7-11/h1-7,20-21H,8-10H2. The summed E-state index contributed by atoms with van der Waals surface area (Å²) in [6, 6.07) is 11.9. The first-order valence-corrected chi connectivity index (χ1v) is 7.59. The largest absolute Gasteiger partial charge is 0.395 e. The summed E-state index contributed by atoms with van der Waals surface area (Å²) in [4.78, 5) is 0. The number of aliphatic hydroxyl groups excluding tert-OH is 2. The second kappa shape index (κ2) is 6.88. The Morgan fingerprint density at radius 3 is 2.19 bits per heavy atom. The Morgan fingerprint density at radius 1 is 1.05 bits per heavy atom. The van der Waals surface area contributed by atoms with E-state index in [-0.39, 0.29) is 18.2 Å². The third kappa shape index (κ3) is 3.64. The summed E-state index contributed by atoms with van der Waals surface area (Å²) >= 11 is 9.03. The molecule has 0 atom stereocenters. The molecule has 0 unspecified atom stereocenters. The molecule has 0 heterocycles. The fraction of sp³-hybridized carbons (Fsp3) is 0.250. The maximum absolute atomic E-state index is 13.6. The van der Waals surface area contributed by atoms with Crippen molar-refractivity contribution in [3.63, 3.8) is 0 Å². The SMILES string of the molecule is OCC(CO)(Cc1ccc(Cl)c(F)c1)c1ccc(Br)cc1. The van der Waals surface area contributed by atoms with E-state index in [1.165, 1.54) is 12.1 Å². The fourth-order valence-corrected chi connectivity index (χ4v) is 2.67. The van der Waals surface area contributed by atoms with Gasteiger partial charge in [0, 0.05) is 9.89 Å². The molecule has 0 radical (unpaired) electrons. The molecule has 0 spiro atoms. The van der Waals surface area contributed by atoms with E-state index in [9.17, 15) is 14.6 Å². The number of benzene rings is 2. The molecule has 0 bridgehead atoms. The molecule has 21 heavy (non-hydrogen) atoms. The highest BCUT2D eigenvalue weighted by Gasteiger charge is 2.31. The molecule has 2 aromatic rings. The van der Waals surface area contributed by atoms with Gasteiger partial charge < -0.3 is 10.2 Å². The first kappa shape index (κ1) is 16.4. The summed E-state index contributed by atoms with van der Waals surface area (Å²) in [5.41, 5.74) is 0.606. The van der Waals surface area contributed by atoms with Gasteiger partial charge >= 0.3 is 0 Å². The number of hydrogen-bond acceptors (Lipinski definition) is 2. The van der Waals surface area contributed by atoms with Gasteiger partial charge in [-0.15, -0.1) is 0 Å². The Balaban J connectivity index is 2.37. The van der Waals surface area contributed by atoms with Crippen molar-refractivity contribution in [1.82, 2.24) is 0 Å². The third-order valence-electron chi connectivity index (χ3n) is 3.59. The van der Waals surface area contributed by atoms with Crippen molar-refractivity contribution in [2.45, 2.75) is 11.8 Å². The van der Waals surface area contributed by atoms with Crippen LogP contribution >= 0.6 is 27.5 Å². The zero-order valence-electron chi connectivity index (χ0n) is 11.2. The molecular weight excluding hydrogens is 359 g/mol. The van der Waals surface area contributed by atoms with E-state index in [2.05, 4.69) is 15.9 Å². The summed E-state index contributed by atoms with van der Waals surface area (Å²) in [6.45, 7) is -0.481. The monoisotopic (exact) mass is 372 g/mol. The van der Waals surface area contributed by atoms with E-state index < -0.39 is 11.2 Å². The minimum absolute atomic E-state index is 0.0565. The van der Waals surface area contributed by atoms with Gasteiger partial charge in [0.15, 0.2) is 0 Å². The molecule has 0 aliphatic rings. The van der Waals surface area contributed by atoms with Crippen molar-refractivity contribution in [1.29, 1.82) is 0 Å². The Kier molecular flexibility index (Phi) is 5.38. The molecule has 2 rings (SSSR count). The molecule has 2 aromatic carbocycles. The predicted octanol–water partition coefficient (Wildman–Crippen LogP) is 3.71. The zero-order valence-corrected chi connectivity index (χ0v) is 13.5. The van der Waals surface area contributed by atoms with Crippen LogP contribution in [0.4, 0.5) is 4.39 Å². The predicted molar refractivity (Wildman–Crippen MR) is 85.1 cm³/mol. The highest BCUT2D eigenvalue weighted by atomic mass is 79.9. The molecule has 0 amide bonds. The molecule has 2 N–H and O–H groups in total. The maximum Gasteiger partial charge on any atom is 0.142 e. The van der Waals surface area contributed by atoms with Crippen LogP contribution in [0.2, 0.25) is 5.02 Å². The summed E-state index contributed by atoms with van der Waals surface area (Å²) in [5.74, 6) is -0.505. The van der Waals surface area contributed by atoms with Crippen molar-refractivity contribution >= 4 is 27.5 Å². The zero-order chi connectivity index (χ0) is 15.5. The lowest BCUT2D eigenvalue weighted by molar-refractivity contribution is 0.116. The van der Waals surface area contributed by atoms with E-state index in [0.29, 0.717) is 12.0 Å². The van der Waals surface area contributed by atoms with Gasteiger partial charge in [0.1, 0.15) is 5.82 Å². The molecule has 0 aliphatic carbocycles. The molecule has 0 aliphatic heterocycles. The van der Waals surface area contributed by atoms with Crippen molar-refractivity contribution in [3.8, 4) is 0 Å². The summed E-state index contributed by atoms with van der Waals surface area (Å²) < 4.78 is 14.5. The average Bonchev–Trinajstić information content (AvgIpc) is 2.49. The van der Waals surface area contributed by atoms with Crippen molar-refractivity contribution in [3.05, 3.63) is 68.9 Å². The Bertz CT molecular complexity index is 612. The van der Waals surface area contributed by atoms with Gasteiger partial charge in [0.25, 0.3) is 0 Å². The van der Waals surface area contributed by atoms with Gasteiger partial charge in [0.05, 0.1) is 18.2 Å². The van der Waals surface area contributed by atoms with Gasteiger partial charge in [-0.05, 0) is 41.8 Å². The topological polar surface area (TPSA) is 40.5 Å². The van der Waals surface area contributed by atoms with E-state index in [4.69, 9.17) is 11.6 Å². The summed E-state index contributed by atoms with van der Waals surface area (Å²) in [6.07, 6.45) is 0.315. The van der Waals surface area contributed by atoms with Gasteiger partial charge in [-0.3, -0.25) is 0 Å². The molecule has 0 saturated heterocycles. The Labute approximate surface area is 136 Å². The number of hydrogen-bond donors (Lipinski definition) is 2. The van der Waals surface area contributed by atoms with Crippen LogP contribution in [-0.4, -0.2) is 23.4 Å². The van der Waals surface area contributed by atoms with Crippen molar-refractivity contribution in [2.24, 2.45) is 0 Å². The quantitative estimate of drug-likeness (QED) is 0.839. The van der Waals surface area contributed by atoms with Crippen LogP contribution in [0.3, 0.4) is 0 Å². The summed E-state index contributed by atoms with van der Waals surface area (Å²) in [5, 5.41) is 19.6. The van der Waals surface area contributed by atoms with Crippen LogP contribution in [-0.2, 0) is 11.8 Å². The van der Waals surface area contributed by atoms with Crippen LogP contribution < -0.4 is 0 Å². The van der Waals surface area contributed by atoms with Crippen molar-refractivity contribution < 1.29 is 14.6 Å². The van der Waals surface area contributed by atoms with E-state index in [1.54, 1.807) is 6.07 Å². The lowest BCUT2D eigenvalue weighted by Gasteiger charge is -2.30. The Morgan fingerprint density at radius 2 is 1.67 bits per heavy atom. The van der Waals surface area contributed by atoms with Crippen LogP contribution in [0.25, 0.3) is 0 Å². The number of rotatable bonds is 5. The van der Waals surface area contributed by atoms with Gasteiger partial charge in [-0.2, -0.15) is 0 Å². The number of aliphatic hydroxyl groups is 2. The van der Waals surface area contributed by atoms with Crippen molar-refractivity contribution in [2.75, 3.05) is 13.2 Å². The molecule has 0 aromatic heterocycles. The highest BCUT2D eigenvalue weighted by Crippen LogP contribution is 2.30. The van der Waals surface area contributed by atoms with E-state index in [1.807, 2.05) is 24.3 Å². The minimum atomic E-state index is -0.860. The van der Waals surface area contributed by atoms with Crippen LogP contribution in [0.5, 0.6) is 0 Å². The highest BCUT2D eigenvalue weighted by molar-refractivity contribution is 9.10. The van der Waals surface area contributed by atoms with E-state index in [0.717, 1.165) is 10.0 Å². The van der Waals surface area contributed by atoms with Crippen LogP contribution in [0.15, 0.2) is 46.9 Å². The lowest BCUT2D eigenvalue weighted by Crippen LogP contribution is -2.37. The molecule has 0 fully saturated rings. The number of halogens is 3. The van der Waals surface area contributed by atoms with Gasteiger partial charge in [-0.1, -0.05) is 45.7 Å². The smallest absolute Gasteiger partial charge is 0.142 e. The van der Waals surface area contributed by atoms with Crippen LogP contribution in [0, 0.1) is 5.82 Å². The Hall–Kier alpha value is -0.940. The maximum atomic E-state index is 13.6. The second-order valence-electron chi connectivity index (χ2n) is 5.03. The average molecular weight is 374 g/mol. The van der Waals surface area contributed by atoms with Gasteiger partial charge in [-0.25, -0.2) is 4.39 Å². The lowest BCUT2D eigenvalue weighted by atomic mass is 9.77. The molecule has 2 nitrogen and oxygen atoms in total. The van der Waals surface area contributed by atoms with Crippen LogP contribution in [0.1, 0.15) is 11.1 Å². The van der Waals surface area contributed by atoms with E-state index >= 15 is 0 Å². The molecule has 5 heteroatoms. The first-order chi connectivity index (χ1) is 10.0. The normalized spacial score (nSPS) is 11.7. The fourth-order valence-electron chi connectivity index (χ4n) is 2.29. The third-order valence-corrected chi connectivity index (χ3v) is 4.42.